The smallest absolute Gasteiger partial charge is 0.326 e. The maximum Gasteiger partial charge on any atom is 0.397 e. The van der Waals surface area contributed by atoms with Crippen molar-refractivity contribution in [2.75, 3.05) is 12.4 Å². The van der Waals surface area contributed by atoms with Gasteiger partial charge in [0.05, 0.1) is 4.90 Å². The van der Waals surface area contributed by atoms with Gasteiger partial charge in [0, 0.05) is 18.8 Å². The second-order valence-corrected chi connectivity index (χ2v) is 7.11. The number of nitrogens with zero attached hydrogens (tertiary/aromatic N) is 1. The Morgan fingerprint density at radius 1 is 1.27 bits per heavy atom. The van der Waals surface area contributed by atoms with E-state index in [9.17, 15) is 26.4 Å². The van der Waals surface area contributed by atoms with Crippen LogP contribution in [-0.2, 0) is 14.8 Å². The molecule has 9 heteroatoms. The summed E-state index contributed by atoms with van der Waals surface area (Å²) < 4.78 is 61.9. The summed E-state index contributed by atoms with van der Waals surface area (Å²) in [5, 5.41) is 2.07. The standard InChI is InChI=1S/C13H15F3N2O3S/c1-18(10-4-5-10)22(20,21)11-6-2-9(3-7-11)17-12(19)8-13(14,15)16/h2-3,6-7,10H,4-5,8H2,1H3,(H,17,19). The number of alkyl halides is 3. The summed E-state index contributed by atoms with van der Waals surface area (Å²) in [5.41, 5.74) is 0.113. The minimum Gasteiger partial charge on any atom is -0.326 e. The number of benzene rings is 1. The first-order valence-electron chi connectivity index (χ1n) is 6.54. The Morgan fingerprint density at radius 2 is 1.82 bits per heavy atom. The molecule has 0 bridgehead atoms. The maximum atomic E-state index is 12.2. The van der Waals surface area contributed by atoms with Gasteiger partial charge in [0.2, 0.25) is 15.9 Å². The molecule has 1 aromatic rings. The number of sulfonamides is 1. The Bertz CT molecular complexity index is 652. The van der Waals surface area contributed by atoms with Gasteiger partial charge >= 0.3 is 6.18 Å². The lowest BCUT2D eigenvalue weighted by atomic mass is 10.3. The largest absolute Gasteiger partial charge is 0.397 e. The summed E-state index contributed by atoms with van der Waals surface area (Å²) in [7, 11) is -2.12. The lowest BCUT2D eigenvalue weighted by Crippen LogP contribution is -2.28. The molecule has 1 aromatic carbocycles. The van der Waals surface area contributed by atoms with Crippen molar-refractivity contribution in [3.63, 3.8) is 0 Å². The fourth-order valence-electron chi connectivity index (χ4n) is 1.90. The average molecular weight is 336 g/mol. The summed E-state index contributed by atoms with van der Waals surface area (Å²) >= 11 is 0. The first kappa shape index (κ1) is 16.8. The number of carbonyl (C=O) groups is 1. The van der Waals surface area contributed by atoms with Crippen LogP contribution < -0.4 is 5.32 Å². The molecule has 22 heavy (non-hydrogen) atoms. The third-order valence-corrected chi connectivity index (χ3v) is 5.16. The predicted octanol–water partition coefficient (Wildman–Crippen LogP) is 2.36. The highest BCUT2D eigenvalue weighted by atomic mass is 32.2. The van der Waals surface area contributed by atoms with Gasteiger partial charge in [-0.2, -0.15) is 17.5 Å². The van der Waals surface area contributed by atoms with Crippen molar-refractivity contribution in [3.05, 3.63) is 24.3 Å². The number of amides is 1. The molecule has 1 amide bonds. The Morgan fingerprint density at radius 3 is 2.27 bits per heavy atom. The number of hydrogen-bond acceptors (Lipinski definition) is 3. The molecule has 0 saturated heterocycles. The van der Waals surface area contributed by atoms with E-state index in [-0.39, 0.29) is 16.6 Å². The topological polar surface area (TPSA) is 66.5 Å². The van der Waals surface area contributed by atoms with Gasteiger partial charge in [0.1, 0.15) is 6.42 Å². The zero-order chi connectivity index (χ0) is 16.5. The second kappa shape index (κ2) is 5.88. The summed E-state index contributed by atoms with van der Waals surface area (Å²) in [6.07, 6.45) is -4.53. The lowest BCUT2D eigenvalue weighted by Gasteiger charge is -2.16. The Hall–Kier alpha value is -1.61. The highest BCUT2D eigenvalue weighted by molar-refractivity contribution is 7.89. The van der Waals surface area contributed by atoms with E-state index in [4.69, 9.17) is 0 Å². The number of rotatable bonds is 5. The van der Waals surface area contributed by atoms with E-state index >= 15 is 0 Å². The molecule has 0 atom stereocenters. The minimum atomic E-state index is -4.58. The molecule has 0 aliphatic heterocycles. The molecule has 1 aliphatic carbocycles. The van der Waals surface area contributed by atoms with Crippen molar-refractivity contribution in [3.8, 4) is 0 Å². The van der Waals surface area contributed by atoms with Gasteiger partial charge in [-0.15, -0.1) is 0 Å². The third-order valence-electron chi connectivity index (χ3n) is 3.24. The van der Waals surface area contributed by atoms with E-state index in [0.29, 0.717) is 0 Å². The van der Waals surface area contributed by atoms with E-state index in [1.54, 1.807) is 0 Å². The monoisotopic (exact) mass is 336 g/mol. The van der Waals surface area contributed by atoms with Gasteiger partial charge < -0.3 is 5.32 Å². The molecule has 5 nitrogen and oxygen atoms in total. The molecular formula is C13H15F3N2O3S. The van der Waals surface area contributed by atoms with Crippen LogP contribution in [0.1, 0.15) is 19.3 Å². The zero-order valence-electron chi connectivity index (χ0n) is 11.7. The Balaban J connectivity index is 2.05. The zero-order valence-corrected chi connectivity index (χ0v) is 12.5. The summed E-state index contributed by atoms with van der Waals surface area (Å²) in [4.78, 5) is 11.2. The van der Waals surface area contributed by atoms with Gasteiger partial charge in [0.15, 0.2) is 0 Å². The SMILES string of the molecule is CN(C1CC1)S(=O)(=O)c1ccc(NC(=O)CC(F)(F)F)cc1. The number of nitrogens with one attached hydrogen (secondary N) is 1. The van der Waals surface area contributed by atoms with Crippen LogP contribution in [-0.4, -0.2) is 37.9 Å². The van der Waals surface area contributed by atoms with Crippen LogP contribution in [0.15, 0.2) is 29.2 Å². The van der Waals surface area contributed by atoms with Crippen LogP contribution in [0.25, 0.3) is 0 Å². The molecule has 1 saturated carbocycles. The van der Waals surface area contributed by atoms with Crippen LogP contribution in [0, 0.1) is 0 Å². The molecule has 1 N–H and O–H groups in total. The molecule has 0 unspecified atom stereocenters. The van der Waals surface area contributed by atoms with Crippen LogP contribution in [0.5, 0.6) is 0 Å². The third kappa shape index (κ3) is 4.20. The second-order valence-electron chi connectivity index (χ2n) is 5.12. The number of carbonyl (C=O) groups excluding carboxylic acids is 1. The number of hydrogen-bond donors (Lipinski definition) is 1. The quantitative estimate of drug-likeness (QED) is 0.898. The average Bonchev–Trinajstić information content (AvgIpc) is 3.20. The van der Waals surface area contributed by atoms with Crippen LogP contribution in [0.3, 0.4) is 0 Å². The molecule has 2 rings (SSSR count). The molecule has 0 heterocycles. The highest BCUT2D eigenvalue weighted by Gasteiger charge is 2.35. The first-order valence-corrected chi connectivity index (χ1v) is 7.98. The molecule has 122 valence electrons. The van der Waals surface area contributed by atoms with E-state index < -0.39 is 28.5 Å². The van der Waals surface area contributed by atoms with Gasteiger partial charge in [0.25, 0.3) is 0 Å². The molecule has 0 radical (unpaired) electrons. The summed E-state index contributed by atoms with van der Waals surface area (Å²) in [6, 6.07) is 5.06. The van der Waals surface area contributed by atoms with Gasteiger partial charge in [-0.05, 0) is 37.1 Å². The van der Waals surface area contributed by atoms with Crippen LogP contribution >= 0.6 is 0 Å². The Labute approximate surface area is 126 Å². The number of anilines is 1. The van der Waals surface area contributed by atoms with Crippen molar-refractivity contribution >= 4 is 21.6 Å². The van der Waals surface area contributed by atoms with Crippen molar-refractivity contribution in [2.45, 2.75) is 36.4 Å². The van der Waals surface area contributed by atoms with E-state index in [2.05, 4.69) is 5.32 Å². The molecule has 0 aromatic heterocycles. The van der Waals surface area contributed by atoms with Gasteiger partial charge in [-0.3, -0.25) is 4.79 Å². The maximum absolute atomic E-state index is 12.2. The van der Waals surface area contributed by atoms with E-state index in [0.717, 1.165) is 12.8 Å². The summed E-state index contributed by atoms with van der Waals surface area (Å²) in [5.74, 6) is -1.20. The van der Waals surface area contributed by atoms with Crippen molar-refractivity contribution in [1.29, 1.82) is 0 Å². The van der Waals surface area contributed by atoms with Gasteiger partial charge in [-0.1, -0.05) is 0 Å². The first-order chi connectivity index (χ1) is 10.1. The fourth-order valence-corrected chi connectivity index (χ4v) is 3.31. The Kier molecular flexibility index (Phi) is 4.48. The van der Waals surface area contributed by atoms with E-state index in [1.807, 2.05) is 0 Å². The van der Waals surface area contributed by atoms with Crippen LogP contribution in [0.4, 0.5) is 18.9 Å². The predicted molar refractivity (Wildman–Crippen MR) is 73.7 cm³/mol. The number of halogens is 3. The van der Waals surface area contributed by atoms with Crippen molar-refractivity contribution in [2.24, 2.45) is 0 Å². The molecule has 1 fully saturated rings. The highest BCUT2D eigenvalue weighted by Crippen LogP contribution is 2.30. The fraction of sp³-hybridized carbons (Fsp3) is 0.462. The van der Waals surface area contributed by atoms with Gasteiger partial charge in [-0.25, -0.2) is 8.42 Å². The van der Waals surface area contributed by atoms with E-state index in [1.165, 1.54) is 35.6 Å². The lowest BCUT2D eigenvalue weighted by molar-refractivity contribution is -0.150. The molecule has 1 aliphatic rings. The summed E-state index contributed by atoms with van der Waals surface area (Å²) in [6.45, 7) is 0. The normalized spacial score (nSPS) is 15.9. The minimum absolute atomic E-state index is 0.0103. The van der Waals surface area contributed by atoms with Crippen LogP contribution in [0.2, 0.25) is 0 Å². The van der Waals surface area contributed by atoms with Crippen molar-refractivity contribution < 1.29 is 26.4 Å². The molecular weight excluding hydrogens is 321 g/mol. The van der Waals surface area contributed by atoms with Crippen molar-refractivity contribution in [1.82, 2.24) is 4.31 Å². The molecule has 0 spiro atoms.